The number of nitrogens with one attached hydrogen (secondary N) is 1. The van der Waals surface area contributed by atoms with Crippen LogP contribution in [0.5, 0.6) is 0 Å². The van der Waals surface area contributed by atoms with Crippen LogP contribution in [0.25, 0.3) is 0 Å². The third-order valence-corrected chi connectivity index (χ3v) is 5.24. The smallest absolute Gasteiger partial charge is 0.272 e. The van der Waals surface area contributed by atoms with E-state index in [9.17, 15) is 13.2 Å². The van der Waals surface area contributed by atoms with Gasteiger partial charge in [0.1, 0.15) is 0 Å². The number of amides is 1. The molecule has 22 heavy (non-hydrogen) atoms. The molecule has 1 amide bonds. The summed E-state index contributed by atoms with van der Waals surface area (Å²) in [5.41, 5.74) is -0.0991. The van der Waals surface area contributed by atoms with Crippen LogP contribution in [-0.4, -0.2) is 54.7 Å². The highest BCUT2D eigenvalue weighted by atomic mass is 32.2. The van der Waals surface area contributed by atoms with E-state index in [1.54, 1.807) is 19.2 Å². The first-order valence-electron chi connectivity index (χ1n) is 7.17. The molecule has 1 atom stereocenters. The number of sulfone groups is 1. The molecule has 0 spiro atoms. The molecule has 1 aliphatic heterocycles. The Kier molecular flexibility index (Phi) is 4.42. The van der Waals surface area contributed by atoms with Gasteiger partial charge >= 0.3 is 0 Å². The third-order valence-electron chi connectivity index (χ3n) is 3.49. The summed E-state index contributed by atoms with van der Waals surface area (Å²) in [7, 11) is -1.15. The van der Waals surface area contributed by atoms with Crippen molar-refractivity contribution in [3.8, 4) is 0 Å². The lowest BCUT2D eigenvalue weighted by atomic mass is 10.1. The number of aromatic nitrogens is 2. The Morgan fingerprint density at radius 1 is 1.32 bits per heavy atom. The Labute approximate surface area is 131 Å². The molecule has 1 fully saturated rings. The molecule has 8 heteroatoms. The second-order valence-electron chi connectivity index (χ2n) is 6.65. The van der Waals surface area contributed by atoms with Crippen molar-refractivity contribution in [2.75, 3.05) is 23.5 Å². The van der Waals surface area contributed by atoms with Gasteiger partial charge in [0.15, 0.2) is 21.3 Å². The lowest BCUT2D eigenvalue weighted by molar-refractivity contribution is 0.0913. The summed E-state index contributed by atoms with van der Waals surface area (Å²) in [6.07, 6.45) is 0.590. The van der Waals surface area contributed by atoms with Crippen LogP contribution >= 0.6 is 0 Å². The van der Waals surface area contributed by atoms with E-state index in [-0.39, 0.29) is 34.7 Å². The first-order chi connectivity index (χ1) is 10.1. The van der Waals surface area contributed by atoms with Gasteiger partial charge in [-0.05, 0) is 39.3 Å². The minimum absolute atomic E-state index is 0.0893. The van der Waals surface area contributed by atoms with Gasteiger partial charge in [0, 0.05) is 18.6 Å². The van der Waals surface area contributed by atoms with Crippen molar-refractivity contribution in [1.82, 2.24) is 15.5 Å². The van der Waals surface area contributed by atoms with Gasteiger partial charge in [-0.1, -0.05) is 0 Å². The largest absolute Gasteiger partial charge is 0.354 e. The van der Waals surface area contributed by atoms with E-state index < -0.39 is 9.84 Å². The van der Waals surface area contributed by atoms with E-state index in [0.717, 1.165) is 0 Å². The van der Waals surface area contributed by atoms with Gasteiger partial charge in [0.2, 0.25) is 0 Å². The molecule has 1 aromatic rings. The molecule has 1 saturated heterocycles. The third kappa shape index (κ3) is 4.16. The summed E-state index contributed by atoms with van der Waals surface area (Å²) >= 11 is 0. The predicted octanol–water partition coefficient (Wildman–Crippen LogP) is 0.628. The van der Waals surface area contributed by atoms with Crippen LogP contribution in [0.3, 0.4) is 0 Å². The molecule has 2 rings (SSSR count). The number of nitrogens with zero attached hydrogens (tertiary/aromatic N) is 3. The Morgan fingerprint density at radius 3 is 2.45 bits per heavy atom. The SMILES string of the molecule is CN(c1ccc(C(=O)NC(C)(C)C)nn1)C1CCS(=O)(=O)C1. The second kappa shape index (κ2) is 5.83. The minimum atomic E-state index is -2.94. The summed E-state index contributed by atoms with van der Waals surface area (Å²) in [6, 6.07) is 3.20. The molecule has 0 saturated carbocycles. The van der Waals surface area contributed by atoms with E-state index in [2.05, 4.69) is 15.5 Å². The Morgan fingerprint density at radius 2 is 2.00 bits per heavy atom. The average molecular weight is 326 g/mol. The van der Waals surface area contributed by atoms with Crippen molar-refractivity contribution in [3.05, 3.63) is 17.8 Å². The van der Waals surface area contributed by atoms with Crippen LogP contribution in [-0.2, 0) is 9.84 Å². The molecule has 2 heterocycles. The fraction of sp³-hybridized carbons (Fsp3) is 0.643. The zero-order chi connectivity index (χ0) is 16.5. The van der Waals surface area contributed by atoms with E-state index in [1.165, 1.54) is 0 Å². The van der Waals surface area contributed by atoms with Gasteiger partial charge in [0.25, 0.3) is 5.91 Å². The summed E-state index contributed by atoms with van der Waals surface area (Å²) in [5, 5.41) is 10.8. The average Bonchev–Trinajstić information content (AvgIpc) is 2.76. The highest BCUT2D eigenvalue weighted by Crippen LogP contribution is 2.20. The van der Waals surface area contributed by atoms with Crippen LogP contribution in [0.15, 0.2) is 12.1 Å². The molecule has 1 unspecified atom stereocenters. The van der Waals surface area contributed by atoms with Gasteiger partial charge in [-0.25, -0.2) is 8.42 Å². The first kappa shape index (κ1) is 16.7. The summed E-state index contributed by atoms with van der Waals surface area (Å²) in [5.74, 6) is 0.630. The molecule has 1 aromatic heterocycles. The van der Waals surface area contributed by atoms with E-state index in [0.29, 0.717) is 12.2 Å². The summed E-state index contributed by atoms with van der Waals surface area (Å²) < 4.78 is 23.1. The van der Waals surface area contributed by atoms with Gasteiger partial charge in [-0.2, -0.15) is 0 Å². The molecular formula is C14H22N4O3S. The van der Waals surface area contributed by atoms with Crippen LogP contribution in [0.4, 0.5) is 5.82 Å². The van der Waals surface area contributed by atoms with Gasteiger partial charge in [-0.3, -0.25) is 4.79 Å². The van der Waals surface area contributed by atoms with Crippen molar-refractivity contribution in [2.45, 2.75) is 38.8 Å². The van der Waals surface area contributed by atoms with Crippen LogP contribution < -0.4 is 10.2 Å². The van der Waals surface area contributed by atoms with Crippen molar-refractivity contribution < 1.29 is 13.2 Å². The zero-order valence-corrected chi connectivity index (χ0v) is 14.1. The van der Waals surface area contributed by atoms with Crippen LogP contribution in [0.2, 0.25) is 0 Å². The fourth-order valence-electron chi connectivity index (χ4n) is 2.31. The highest BCUT2D eigenvalue weighted by Gasteiger charge is 2.31. The van der Waals surface area contributed by atoms with Crippen molar-refractivity contribution in [1.29, 1.82) is 0 Å². The number of anilines is 1. The molecule has 0 radical (unpaired) electrons. The van der Waals surface area contributed by atoms with Crippen LogP contribution in [0, 0.1) is 0 Å². The second-order valence-corrected chi connectivity index (χ2v) is 8.88. The van der Waals surface area contributed by atoms with Gasteiger partial charge in [0.05, 0.1) is 11.5 Å². The monoisotopic (exact) mass is 326 g/mol. The number of rotatable bonds is 3. The van der Waals surface area contributed by atoms with E-state index in [4.69, 9.17) is 0 Å². The molecule has 1 aliphatic rings. The zero-order valence-electron chi connectivity index (χ0n) is 13.3. The Bertz CT molecular complexity index is 650. The molecule has 1 N–H and O–H groups in total. The Hall–Kier alpha value is -1.70. The Balaban J connectivity index is 2.07. The predicted molar refractivity (Wildman–Crippen MR) is 84.7 cm³/mol. The minimum Gasteiger partial charge on any atom is -0.354 e. The maximum absolute atomic E-state index is 12.0. The summed E-state index contributed by atoms with van der Waals surface area (Å²) in [4.78, 5) is 13.8. The van der Waals surface area contributed by atoms with E-state index >= 15 is 0 Å². The number of hydrogen-bond donors (Lipinski definition) is 1. The molecular weight excluding hydrogens is 304 g/mol. The van der Waals surface area contributed by atoms with E-state index in [1.807, 2.05) is 25.7 Å². The quantitative estimate of drug-likeness (QED) is 0.876. The standard InChI is InChI=1S/C14H22N4O3S/c1-14(2,3)15-13(19)11-5-6-12(17-16-11)18(4)10-7-8-22(20,21)9-10/h5-6,10H,7-9H2,1-4H3,(H,15,19). The number of hydrogen-bond acceptors (Lipinski definition) is 6. The lowest BCUT2D eigenvalue weighted by Crippen LogP contribution is -2.41. The van der Waals surface area contributed by atoms with Crippen molar-refractivity contribution in [2.24, 2.45) is 0 Å². The van der Waals surface area contributed by atoms with Gasteiger partial charge in [-0.15, -0.1) is 10.2 Å². The molecule has 0 bridgehead atoms. The van der Waals surface area contributed by atoms with Crippen LogP contribution in [0.1, 0.15) is 37.7 Å². The molecule has 0 aromatic carbocycles. The number of carbonyl (C=O) groups excluding carboxylic acids is 1. The molecule has 0 aliphatic carbocycles. The lowest BCUT2D eigenvalue weighted by Gasteiger charge is -2.24. The topological polar surface area (TPSA) is 92.3 Å². The number of carbonyl (C=O) groups is 1. The van der Waals surface area contributed by atoms with Gasteiger partial charge < -0.3 is 10.2 Å². The summed E-state index contributed by atoms with van der Waals surface area (Å²) in [6.45, 7) is 5.67. The van der Waals surface area contributed by atoms with Crippen molar-refractivity contribution >= 4 is 21.6 Å². The fourth-order valence-corrected chi connectivity index (χ4v) is 4.08. The van der Waals surface area contributed by atoms with Crippen molar-refractivity contribution in [3.63, 3.8) is 0 Å². The maximum atomic E-state index is 12.0. The maximum Gasteiger partial charge on any atom is 0.272 e. The normalized spacial score (nSPS) is 20.6. The molecule has 7 nitrogen and oxygen atoms in total. The first-order valence-corrected chi connectivity index (χ1v) is 8.99. The molecule has 122 valence electrons. The highest BCUT2D eigenvalue weighted by molar-refractivity contribution is 7.91.